The normalized spacial score (nSPS) is 12.9. The first-order valence-electron chi connectivity index (χ1n) is 6.36. The molecule has 2 rings (SSSR count). The number of hydrogen-bond donors (Lipinski definition) is 1. The molecule has 0 bridgehead atoms. The fraction of sp³-hybridized carbons (Fsp3) is 0.133. The summed E-state index contributed by atoms with van der Waals surface area (Å²) < 4.78 is 4.95. The van der Waals surface area contributed by atoms with Gasteiger partial charge in [0.15, 0.2) is 0 Å². The predicted molar refractivity (Wildman–Crippen MR) is 77.2 cm³/mol. The topological polar surface area (TPSA) is 109 Å². The molecule has 1 N–H and O–H groups in total. The van der Waals surface area contributed by atoms with Gasteiger partial charge < -0.3 is 9.72 Å². The lowest BCUT2D eigenvalue weighted by molar-refractivity contribution is -0.418. The second kappa shape index (κ2) is 6.39. The minimum absolute atomic E-state index is 0.141. The van der Waals surface area contributed by atoms with Crippen molar-refractivity contribution >= 4 is 11.5 Å². The van der Waals surface area contributed by atoms with Crippen LogP contribution in [0.3, 0.4) is 0 Å². The molecule has 22 heavy (non-hydrogen) atoms. The van der Waals surface area contributed by atoms with E-state index in [1.807, 2.05) is 6.07 Å². The van der Waals surface area contributed by atoms with E-state index in [4.69, 9.17) is 10.00 Å². The van der Waals surface area contributed by atoms with Crippen molar-refractivity contribution < 1.29 is 14.5 Å². The van der Waals surface area contributed by atoms with Gasteiger partial charge in [0.2, 0.25) is 0 Å². The number of H-pyrrole nitrogens is 1. The Morgan fingerprint density at radius 3 is 2.91 bits per heavy atom. The van der Waals surface area contributed by atoms with Crippen molar-refractivity contribution in [2.45, 2.75) is 6.92 Å². The summed E-state index contributed by atoms with van der Waals surface area (Å²) in [6, 6.07) is 1.95. The maximum Gasteiger partial charge on any atom is 0.340 e. The number of aromatic nitrogens is 1. The first-order chi connectivity index (χ1) is 10.6. The smallest absolute Gasteiger partial charge is 0.340 e. The van der Waals surface area contributed by atoms with Gasteiger partial charge in [0.1, 0.15) is 11.8 Å². The highest BCUT2D eigenvalue weighted by Gasteiger charge is 2.21. The number of carbonyl (C=O) groups is 1. The molecule has 110 valence electrons. The molecule has 0 unspecified atom stereocenters. The molecule has 7 heteroatoms. The van der Waals surface area contributed by atoms with Crippen LogP contribution in [0.5, 0.6) is 0 Å². The van der Waals surface area contributed by atoms with Gasteiger partial charge in [-0.1, -0.05) is 0 Å². The molecule has 1 aromatic heterocycles. The Morgan fingerprint density at radius 2 is 2.27 bits per heavy atom. The maximum absolute atomic E-state index is 12.0. The predicted octanol–water partition coefficient (Wildman–Crippen LogP) is 2.33. The largest absolute Gasteiger partial charge is 0.462 e. The third kappa shape index (κ3) is 2.87. The van der Waals surface area contributed by atoms with Crippen molar-refractivity contribution in [1.29, 1.82) is 5.26 Å². The lowest BCUT2D eigenvalue weighted by atomic mass is 10.0. The van der Waals surface area contributed by atoms with Crippen LogP contribution >= 0.6 is 0 Å². The molecule has 0 saturated heterocycles. The standard InChI is InChI=1S/C15H11N3O4/c1-2-22-15(19)12-9-17-13(8-16)14(12)10-4-3-5-11(7-6-10)18(20)21/h4-7,9,17H,2H2,1H3. The number of hydrogen-bond acceptors (Lipinski definition) is 5. The van der Waals surface area contributed by atoms with Crippen molar-refractivity contribution in [3.8, 4) is 6.07 Å². The van der Waals surface area contributed by atoms with Gasteiger partial charge in [0.25, 0.3) is 5.70 Å². The summed E-state index contributed by atoms with van der Waals surface area (Å²) in [5.41, 5.74) is 3.68. The number of nitrogens with zero attached hydrogens (tertiary/aromatic N) is 2. The molecule has 0 aliphatic heterocycles. The summed E-state index contributed by atoms with van der Waals surface area (Å²) in [7, 11) is 0. The van der Waals surface area contributed by atoms with E-state index in [0.29, 0.717) is 11.1 Å². The Kier molecular flexibility index (Phi) is 4.37. The average Bonchev–Trinajstić information content (AvgIpc) is 2.77. The zero-order valence-corrected chi connectivity index (χ0v) is 11.6. The van der Waals surface area contributed by atoms with E-state index >= 15 is 0 Å². The van der Waals surface area contributed by atoms with Gasteiger partial charge in [-0.15, -0.1) is 5.73 Å². The number of carbonyl (C=O) groups excluding carboxylic acids is 1. The molecule has 1 aliphatic rings. The Hall–Kier alpha value is -3.36. The molecular formula is C15H11N3O4. The van der Waals surface area contributed by atoms with Crippen molar-refractivity contribution in [3.05, 3.63) is 68.9 Å². The van der Waals surface area contributed by atoms with E-state index in [1.54, 1.807) is 6.92 Å². The number of aromatic amines is 1. The Balaban J connectivity index is 2.56. The summed E-state index contributed by atoms with van der Waals surface area (Å²) in [6.07, 6.45) is 6.82. The molecule has 0 spiro atoms. The van der Waals surface area contributed by atoms with E-state index < -0.39 is 10.9 Å². The molecule has 0 aromatic carbocycles. The van der Waals surface area contributed by atoms with Crippen molar-refractivity contribution in [3.63, 3.8) is 0 Å². The Labute approximate surface area is 125 Å². The van der Waals surface area contributed by atoms with Crippen LogP contribution in [0.2, 0.25) is 0 Å². The molecule has 0 fully saturated rings. The summed E-state index contributed by atoms with van der Waals surface area (Å²) in [5.74, 6) is -0.573. The van der Waals surface area contributed by atoms with E-state index in [-0.39, 0.29) is 23.6 Å². The summed E-state index contributed by atoms with van der Waals surface area (Å²) in [6.45, 7) is 1.88. The second-order valence-corrected chi connectivity index (χ2v) is 4.21. The third-order valence-corrected chi connectivity index (χ3v) is 2.89. The van der Waals surface area contributed by atoms with Gasteiger partial charge in [-0.2, -0.15) is 5.26 Å². The fourth-order valence-electron chi connectivity index (χ4n) is 1.94. The fourth-order valence-corrected chi connectivity index (χ4v) is 1.94. The molecule has 1 aromatic rings. The van der Waals surface area contributed by atoms with Crippen molar-refractivity contribution in [2.75, 3.05) is 6.61 Å². The molecule has 0 radical (unpaired) electrons. The summed E-state index contributed by atoms with van der Waals surface area (Å²) in [5, 5.41) is 19.9. The maximum atomic E-state index is 12.0. The highest BCUT2D eigenvalue weighted by Crippen LogP contribution is 2.26. The molecule has 1 heterocycles. The van der Waals surface area contributed by atoms with E-state index in [1.165, 1.54) is 30.5 Å². The molecular weight excluding hydrogens is 286 g/mol. The van der Waals surface area contributed by atoms with Gasteiger partial charge in [0, 0.05) is 17.8 Å². The number of nitro groups is 1. The molecule has 1 aliphatic carbocycles. The molecule has 7 nitrogen and oxygen atoms in total. The summed E-state index contributed by atoms with van der Waals surface area (Å²) in [4.78, 5) is 24.9. The van der Waals surface area contributed by atoms with E-state index in [2.05, 4.69) is 10.7 Å². The zero-order valence-electron chi connectivity index (χ0n) is 11.6. The molecule has 0 saturated carbocycles. The van der Waals surface area contributed by atoms with Gasteiger partial charge in [-0.25, -0.2) is 4.79 Å². The van der Waals surface area contributed by atoms with Crippen LogP contribution in [0.1, 0.15) is 28.5 Å². The van der Waals surface area contributed by atoms with E-state index in [9.17, 15) is 14.9 Å². The van der Waals surface area contributed by atoms with Crippen LogP contribution in [0.25, 0.3) is 5.57 Å². The lowest BCUT2D eigenvalue weighted by Gasteiger charge is -2.04. The Morgan fingerprint density at radius 1 is 1.50 bits per heavy atom. The third-order valence-electron chi connectivity index (χ3n) is 2.89. The first kappa shape index (κ1) is 15.0. The first-order valence-corrected chi connectivity index (χ1v) is 6.36. The molecule has 0 amide bonds. The van der Waals surface area contributed by atoms with Gasteiger partial charge in [-0.05, 0) is 24.6 Å². The van der Waals surface area contributed by atoms with Crippen LogP contribution in [0.4, 0.5) is 0 Å². The van der Waals surface area contributed by atoms with Gasteiger partial charge >= 0.3 is 5.97 Å². The second-order valence-electron chi connectivity index (χ2n) is 4.21. The average molecular weight is 297 g/mol. The number of rotatable bonds is 4. The van der Waals surface area contributed by atoms with Gasteiger partial charge in [-0.3, -0.25) is 10.1 Å². The van der Waals surface area contributed by atoms with Crippen LogP contribution in [-0.2, 0) is 4.74 Å². The monoisotopic (exact) mass is 297 g/mol. The molecule has 0 atom stereocenters. The number of allylic oxidation sites excluding steroid dienone is 4. The highest BCUT2D eigenvalue weighted by molar-refractivity contribution is 5.98. The van der Waals surface area contributed by atoms with Crippen molar-refractivity contribution in [1.82, 2.24) is 4.98 Å². The number of nitriles is 1. The summed E-state index contributed by atoms with van der Waals surface area (Å²) >= 11 is 0. The van der Waals surface area contributed by atoms with Crippen LogP contribution in [0.15, 0.2) is 41.9 Å². The highest BCUT2D eigenvalue weighted by atomic mass is 16.6. The SMILES string of the molecule is CCOC(=O)c1c[nH]c(C#N)c1C1=CC=C([N+](=O)[O-])C=C=C1. The number of nitrogens with one attached hydrogen (secondary N) is 1. The lowest BCUT2D eigenvalue weighted by Crippen LogP contribution is -2.06. The van der Waals surface area contributed by atoms with E-state index in [0.717, 1.165) is 0 Å². The van der Waals surface area contributed by atoms with Crippen LogP contribution in [-0.4, -0.2) is 22.5 Å². The minimum atomic E-state index is -0.573. The number of ether oxygens (including phenoxy) is 1. The van der Waals surface area contributed by atoms with Gasteiger partial charge in [0.05, 0.1) is 23.2 Å². The van der Waals surface area contributed by atoms with Crippen LogP contribution in [0, 0.1) is 21.4 Å². The van der Waals surface area contributed by atoms with Crippen molar-refractivity contribution in [2.24, 2.45) is 0 Å². The Bertz CT molecular complexity index is 799. The zero-order chi connectivity index (χ0) is 16.1. The minimum Gasteiger partial charge on any atom is -0.462 e. The van der Waals surface area contributed by atoms with Crippen LogP contribution < -0.4 is 0 Å². The quantitative estimate of drug-likeness (QED) is 0.397. The number of esters is 1.